The Kier molecular flexibility index (Phi) is 6.91. The fourth-order valence-corrected chi connectivity index (χ4v) is 4.51. The van der Waals surface area contributed by atoms with Crippen LogP contribution in [-0.2, 0) is 0 Å². The van der Waals surface area contributed by atoms with Gasteiger partial charge in [0.15, 0.2) is 0 Å². The van der Waals surface area contributed by atoms with E-state index in [4.69, 9.17) is 4.74 Å². The Morgan fingerprint density at radius 1 is 1.19 bits per heavy atom. The lowest BCUT2D eigenvalue weighted by molar-refractivity contribution is 0.295. The standard InChI is InChI=1S/C18H29NOS/c1-4-12-19-17-11-6-14(5-2)13-18(17)21-16-9-7-15(20-3)8-10-16/h7-10,14,17-19H,4-6,11-13H2,1-3H3. The number of thioether (sulfide) groups is 1. The molecule has 1 N–H and O–H groups in total. The number of nitrogens with one attached hydrogen (secondary N) is 1. The van der Waals surface area contributed by atoms with Crippen molar-refractivity contribution < 1.29 is 4.74 Å². The van der Waals surface area contributed by atoms with Crippen LogP contribution in [0.5, 0.6) is 5.75 Å². The zero-order valence-electron chi connectivity index (χ0n) is 13.6. The predicted octanol–water partition coefficient (Wildman–Crippen LogP) is 4.73. The smallest absolute Gasteiger partial charge is 0.118 e. The quantitative estimate of drug-likeness (QED) is 0.786. The Labute approximate surface area is 134 Å². The van der Waals surface area contributed by atoms with Crippen molar-refractivity contribution in [1.29, 1.82) is 0 Å². The van der Waals surface area contributed by atoms with E-state index in [0.717, 1.165) is 18.2 Å². The Hall–Kier alpha value is -0.670. The third-order valence-corrected chi connectivity index (χ3v) is 5.85. The minimum atomic E-state index is 0.667. The molecule has 3 heteroatoms. The second kappa shape index (κ2) is 8.70. The Balaban J connectivity index is 1.99. The van der Waals surface area contributed by atoms with Gasteiger partial charge < -0.3 is 10.1 Å². The molecule has 21 heavy (non-hydrogen) atoms. The Morgan fingerprint density at radius 2 is 1.95 bits per heavy atom. The summed E-state index contributed by atoms with van der Waals surface area (Å²) in [6.07, 6.45) is 6.59. The van der Waals surface area contributed by atoms with Crippen molar-refractivity contribution in [2.24, 2.45) is 5.92 Å². The van der Waals surface area contributed by atoms with Crippen molar-refractivity contribution in [2.45, 2.75) is 62.1 Å². The van der Waals surface area contributed by atoms with E-state index in [1.165, 1.54) is 37.0 Å². The van der Waals surface area contributed by atoms with Gasteiger partial charge in [-0.05, 0) is 62.4 Å². The van der Waals surface area contributed by atoms with Crippen LogP contribution in [0.3, 0.4) is 0 Å². The number of hydrogen-bond acceptors (Lipinski definition) is 3. The number of ether oxygens (including phenoxy) is 1. The van der Waals surface area contributed by atoms with Crippen LogP contribution in [0.2, 0.25) is 0 Å². The summed E-state index contributed by atoms with van der Waals surface area (Å²) in [7, 11) is 1.72. The van der Waals surface area contributed by atoms with Gasteiger partial charge >= 0.3 is 0 Å². The maximum Gasteiger partial charge on any atom is 0.118 e. The van der Waals surface area contributed by atoms with Gasteiger partial charge in [0.1, 0.15) is 5.75 Å². The van der Waals surface area contributed by atoms with Crippen LogP contribution in [0.1, 0.15) is 46.0 Å². The fraction of sp³-hybridized carbons (Fsp3) is 0.667. The molecule has 0 saturated heterocycles. The van der Waals surface area contributed by atoms with E-state index in [1.54, 1.807) is 7.11 Å². The Bertz CT molecular complexity index is 406. The first-order valence-electron chi connectivity index (χ1n) is 8.30. The molecule has 0 spiro atoms. The van der Waals surface area contributed by atoms with E-state index in [1.807, 2.05) is 11.8 Å². The minimum Gasteiger partial charge on any atom is -0.497 e. The first kappa shape index (κ1) is 16.7. The average Bonchev–Trinajstić information content (AvgIpc) is 2.54. The average molecular weight is 308 g/mol. The van der Waals surface area contributed by atoms with Crippen molar-refractivity contribution in [3.63, 3.8) is 0 Å². The largest absolute Gasteiger partial charge is 0.497 e. The van der Waals surface area contributed by atoms with Gasteiger partial charge in [0.2, 0.25) is 0 Å². The van der Waals surface area contributed by atoms with E-state index in [9.17, 15) is 0 Å². The second-order valence-corrected chi connectivity index (χ2v) is 7.29. The SMILES string of the molecule is CCCNC1CCC(CC)CC1Sc1ccc(OC)cc1. The molecule has 0 amide bonds. The molecular weight excluding hydrogens is 278 g/mol. The molecule has 0 heterocycles. The molecule has 1 aromatic carbocycles. The monoisotopic (exact) mass is 307 g/mol. The zero-order valence-corrected chi connectivity index (χ0v) is 14.4. The molecule has 1 aliphatic carbocycles. The van der Waals surface area contributed by atoms with Crippen LogP contribution in [0.25, 0.3) is 0 Å². The molecule has 3 atom stereocenters. The van der Waals surface area contributed by atoms with Gasteiger partial charge in [-0.15, -0.1) is 11.8 Å². The van der Waals surface area contributed by atoms with Gasteiger partial charge in [-0.1, -0.05) is 20.3 Å². The van der Waals surface area contributed by atoms with E-state index < -0.39 is 0 Å². The molecule has 1 aliphatic rings. The lowest BCUT2D eigenvalue weighted by Gasteiger charge is -2.36. The Morgan fingerprint density at radius 3 is 2.57 bits per heavy atom. The summed E-state index contributed by atoms with van der Waals surface area (Å²) in [5.74, 6) is 1.84. The number of rotatable bonds is 7. The van der Waals surface area contributed by atoms with Gasteiger partial charge in [-0.2, -0.15) is 0 Å². The molecule has 0 radical (unpaired) electrons. The van der Waals surface area contributed by atoms with Crippen LogP contribution >= 0.6 is 11.8 Å². The summed E-state index contributed by atoms with van der Waals surface area (Å²) in [5.41, 5.74) is 0. The lowest BCUT2D eigenvalue weighted by atomic mass is 9.84. The molecule has 2 rings (SSSR count). The summed E-state index contributed by atoms with van der Waals surface area (Å²) < 4.78 is 5.25. The summed E-state index contributed by atoms with van der Waals surface area (Å²) >= 11 is 2.04. The third-order valence-electron chi connectivity index (χ3n) is 4.48. The first-order chi connectivity index (χ1) is 10.3. The van der Waals surface area contributed by atoms with E-state index >= 15 is 0 Å². The molecule has 1 saturated carbocycles. The van der Waals surface area contributed by atoms with Crippen molar-refractivity contribution in [3.8, 4) is 5.75 Å². The highest BCUT2D eigenvalue weighted by atomic mass is 32.2. The van der Waals surface area contributed by atoms with E-state index in [2.05, 4.69) is 43.4 Å². The van der Waals surface area contributed by atoms with E-state index in [0.29, 0.717) is 11.3 Å². The molecule has 0 aromatic heterocycles. The van der Waals surface area contributed by atoms with Crippen molar-refractivity contribution in [3.05, 3.63) is 24.3 Å². The molecule has 1 aromatic rings. The summed E-state index contributed by atoms with van der Waals surface area (Å²) in [6, 6.07) is 9.18. The fourth-order valence-electron chi connectivity index (χ4n) is 3.11. The van der Waals surface area contributed by atoms with Gasteiger partial charge in [-0.3, -0.25) is 0 Å². The van der Waals surface area contributed by atoms with Crippen LogP contribution in [0.15, 0.2) is 29.2 Å². The van der Waals surface area contributed by atoms with Gasteiger partial charge in [0, 0.05) is 16.2 Å². The zero-order chi connectivity index (χ0) is 15.1. The maximum atomic E-state index is 5.25. The topological polar surface area (TPSA) is 21.3 Å². The van der Waals surface area contributed by atoms with Gasteiger partial charge in [-0.25, -0.2) is 0 Å². The minimum absolute atomic E-state index is 0.667. The summed E-state index contributed by atoms with van der Waals surface area (Å²) in [6.45, 7) is 5.72. The molecule has 118 valence electrons. The highest BCUT2D eigenvalue weighted by Gasteiger charge is 2.30. The van der Waals surface area contributed by atoms with Crippen LogP contribution in [0, 0.1) is 5.92 Å². The number of methoxy groups -OCH3 is 1. The molecule has 2 nitrogen and oxygen atoms in total. The van der Waals surface area contributed by atoms with Crippen molar-refractivity contribution in [1.82, 2.24) is 5.32 Å². The first-order valence-corrected chi connectivity index (χ1v) is 9.18. The molecule has 1 fully saturated rings. The maximum absolute atomic E-state index is 5.25. The van der Waals surface area contributed by atoms with Crippen LogP contribution in [-0.4, -0.2) is 24.9 Å². The lowest BCUT2D eigenvalue weighted by Crippen LogP contribution is -2.42. The van der Waals surface area contributed by atoms with Crippen LogP contribution < -0.4 is 10.1 Å². The summed E-state index contributed by atoms with van der Waals surface area (Å²) in [4.78, 5) is 1.36. The molecule has 0 aliphatic heterocycles. The molecule has 0 bridgehead atoms. The van der Waals surface area contributed by atoms with Gasteiger partial charge in [0.25, 0.3) is 0 Å². The third kappa shape index (κ3) is 4.93. The highest BCUT2D eigenvalue weighted by molar-refractivity contribution is 8.00. The number of benzene rings is 1. The normalized spacial score (nSPS) is 25.8. The second-order valence-electron chi connectivity index (χ2n) is 5.98. The molecular formula is C18H29NOS. The van der Waals surface area contributed by atoms with Crippen molar-refractivity contribution in [2.75, 3.05) is 13.7 Å². The highest BCUT2D eigenvalue weighted by Crippen LogP contribution is 2.38. The van der Waals surface area contributed by atoms with E-state index in [-0.39, 0.29) is 0 Å². The predicted molar refractivity (Wildman–Crippen MR) is 92.4 cm³/mol. The van der Waals surface area contributed by atoms with Gasteiger partial charge in [0.05, 0.1) is 7.11 Å². The number of hydrogen-bond donors (Lipinski definition) is 1. The molecule has 3 unspecified atom stereocenters. The summed E-state index contributed by atoms with van der Waals surface area (Å²) in [5, 5.41) is 4.46. The van der Waals surface area contributed by atoms with Crippen molar-refractivity contribution >= 4 is 11.8 Å². The van der Waals surface area contributed by atoms with Crippen LogP contribution in [0.4, 0.5) is 0 Å².